The first-order valence-corrected chi connectivity index (χ1v) is 9.18. The average molecular weight is 440 g/mol. The number of hydrogen-bond acceptors (Lipinski definition) is 5. The van der Waals surface area contributed by atoms with Crippen LogP contribution in [-0.2, 0) is 0 Å². The number of aromatic nitrogens is 2. The minimum atomic E-state index is -0.553. The fourth-order valence-electron chi connectivity index (χ4n) is 2.23. The summed E-state index contributed by atoms with van der Waals surface area (Å²) in [6.07, 6.45) is 0. The van der Waals surface area contributed by atoms with Crippen molar-refractivity contribution < 1.29 is 14.1 Å². The van der Waals surface area contributed by atoms with E-state index < -0.39 is 11.8 Å². The molecule has 0 aliphatic carbocycles. The third-order valence-electron chi connectivity index (χ3n) is 3.59. The standard InChI is InChI=1S/C18H13Cl3N4O3/c19-11-3-1-10(2-4-11)15-24-18(28-25-15)17(27)23-8-7-22-16(26)13-9-12(20)5-6-14(13)21/h1-6,9H,7-8H2,(H,22,26)(H,23,27). The van der Waals surface area contributed by atoms with Gasteiger partial charge in [-0.3, -0.25) is 9.59 Å². The fraction of sp³-hybridized carbons (Fsp3) is 0.111. The quantitative estimate of drug-likeness (QED) is 0.569. The molecule has 0 saturated heterocycles. The Labute approximate surface area is 175 Å². The average Bonchev–Trinajstić information content (AvgIpc) is 3.17. The van der Waals surface area contributed by atoms with Crippen LogP contribution in [0.25, 0.3) is 11.4 Å². The van der Waals surface area contributed by atoms with Gasteiger partial charge in [0.25, 0.3) is 5.91 Å². The van der Waals surface area contributed by atoms with E-state index in [1.54, 1.807) is 30.3 Å². The Kier molecular flexibility index (Phi) is 6.51. The molecule has 0 fully saturated rings. The molecule has 0 aliphatic rings. The molecule has 0 atom stereocenters. The maximum atomic E-state index is 12.1. The highest BCUT2D eigenvalue weighted by molar-refractivity contribution is 6.35. The first-order valence-electron chi connectivity index (χ1n) is 8.05. The molecule has 3 rings (SSSR count). The third kappa shape index (κ3) is 5.01. The first-order chi connectivity index (χ1) is 13.4. The lowest BCUT2D eigenvalue weighted by Gasteiger charge is -2.07. The number of benzene rings is 2. The summed E-state index contributed by atoms with van der Waals surface area (Å²) in [6.45, 7) is 0.326. The number of amides is 2. The van der Waals surface area contributed by atoms with Gasteiger partial charge in [-0.1, -0.05) is 40.0 Å². The second-order valence-corrected chi connectivity index (χ2v) is 6.85. The van der Waals surface area contributed by atoms with Crippen molar-refractivity contribution in [2.24, 2.45) is 0 Å². The number of nitrogens with zero attached hydrogens (tertiary/aromatic N) is 2. The van der Waals surface area contributed by atoms with Crippen LogP contribution in [0, 0.1) is 0 Å². The van der Waals surface area contributed by atoms with Gasteiger partial charge in [-0.05, 0) is 42.5 Å². The lowest BCUT2D eigenvalue weighted by Crippen LogP contribution is -2.34. The monoisotopic (exact) mass is 438 g/mol. The number of hydrogen-bond donors (Lipinski definition) is 2. The molecule has 1 heterocycles. The van der Waals surface area contributed by atoms with Gasteiger partial charge in [-0.2, -0.15) is 4.98 Å². The van der Waals surface area contributed by atoms with E-state index in [9.17, 15) is 9.59 Å². The Hall–Kier alpha value is -2.61. The second-order valence-electron chi connectivity index (χ2n) is 5.57. The number of halogens is 3. The van der Waals surface area contributed by atoms with Gasteiger partial charge < -0.3 is 15.2 Å². The Bertz CT molecular complexity index is 1010. The molecule has 0 aliphatic heterocycles. The van der Waals surface area contributed by atoms with Crippen LogP contribution in [0.2, 0.25) is 15.1 Å². The van der Waals surface area contributed by atoms with E-state index >= 15 is 0 Å². The molecule has 1 aromatic heterocycles. The van der Waals surface area contributed by atoms with Gasteiger partial charge in [0.15, 0.2) is 0 Å². The highest BCUT2D eigenvalue weighted by Crippen LogP contribution is 2.20. The van der Waals surface area contributed by atoms with Crippen molar-refractivity contribution in [3.05, 3.63) is 69.0 Å². The SMILES string of the molecule is O=C(NCCNC(=O)c1cc(Cl)ccc1Cl)c1nc(-c2ccc(Cl)cc2)no1. The van der Waals surface area contributed by atoms with Crippen LogP contribution in [0.1, 0.15) is 21.0 Å². The molecule has 2 amide bonds. The summed E-state index contributed by atoms with van der Waals surface area (Å²) >= 11 is 17.7. The Morgan fingerprint density at radius 1 is 0.893 bits per heavy atom. The van der Waals surface area contributed by atoms with Crippen molar-refractivity contribution in [1.82, 2.24) is 20.8 Å². The van der Waals surface area contributed by atoms with Gasteiger partial charge in [0.2, 0.25) is 5.82 Å². The highest BCUT2D eigenvalue weighted by atomic mass is 35.5. The molecular weight excluding hydrogens is 427 g/mol. The summed E-state index contributed by atoms with van der Waals surface area (Å²) in [5.41, 5.74) is 0.919. The van der Waals surface area contributed by atoms with Gasteiger partial charge in [0.05, 0.1) is 10.6 Å². The van der Waals surface area contributed by atoms with Crippen LogP contribution in [0.5, 0.6) is 0 Å². The zero-order valence-electron chi connectivity index (χ0n) is 14.2. The van der Waals surface area contributed by atoms with Crippen LogP contribution in [0.15, 0.2) is 47.0 Å². The van der Waals surface area contributed by atoms with Gasteiger partial charge in [-0.15, -0.1) is 0 Å². The molecule has 144 valence electrons. The number of nitrogens with one attached hydrogen (secondary N) is 2. The summed E-state index contributed by atoms with van der Waals surface area (Å²) in [7, 11) is 0. The van der Waals surface area contributed by atoms with E-state index in [2.05, 4.69) is 20.8 Å². The number of rotatable bonds is 6. The van der Waals surface area contributed by atoms with Crippen LogP contribution in [0.4, 0.5) is 0 Å². The summed E-state index contributed by atoms with van der Waals surface area (Å²) in [5.74, 6) is -0.868. The second kappa shape index (κ2) is 9.05. The van der Waals surface area contributed by atoms with Gasteiger partial charge in [0, 0.05) is 28.7 Å². The topological polar surface area (TPSA) is 97.1 Å². The molecule has 10 heteroatoms. The van der Waals surface area contributed by atoms with Crippen molar-refractivity contribution in [3.8, 4) is 11.4 Å². The summed E-state index contributed by atoms with van der Waals surface area (Å²) in [4.78, 5) is 28.2. The van der Waals surface area contributed by atoms with Crippen LogP contribution >= 0.6 is 34.8 Å². The molecule has 3 aromatic rings. The molecular formula is C18H13Cl3N4O3. The molecule has 0 spiro atoms. The number of carbonyl (C=O) groups is 2. The first kappa shape index (κ1) is 20.1. The normalized spacial score (nSPS) is 10.5. The molecule has 2 aromatic carbocycles. The minimum Gasteiger partial charge on any atom is -0.350 e. The third-order valence-corrected chi connectivity index (χ3v) is 4.41. The molecule has 0 radical (unpaired) electrons. The number of carbonyl (C=O) groups excluding carboxylic acids is 2. The van der Waals surface area contributed by atoms with Gasteiger partial charge >= 0.3 is 11.8 Å². The van der Waals surface area contributed by atoms with E-state index in [4.69, 9.17) is 39.3 Å². The fourth-order valence-corrected chi connectivity index (χ4v) is 2.73. The lowest BCUT2D eigenvalue weighted by atomic mass is 10.2. The predicted octanol–water partition coefficient (Wildman–Crippen LogP) is 3.86. The maximum absolute atomic E-state index is 12.1. The van der Waals surface area contributed by atoms with Crippen LogP contribution < -0.4 is 10.6 Å². The van der Waals surface area contributed by atoms with E-state index in [0.29, 0.717) is 15.6 Å². The summed E-state index contributed by atoms with van der Waals surface area (Å²) in [5, 5.41) is 10.2. The van der Waals surface area contributed by atoms with Crippen molar-refractivity contribution in [3.63, 3.8) is 0 Å². The lowest BCUT2D eigenvalue weighted by molar-refractivity contribution is 0.0898. The summed E-state index contributed by atoms with van der Waals surface area (Å²) < 4.78 is 4.96. The predicted molar refractivity (Wildman–Crippen MR) is 106 cm³/mol. The van der Waals surface area contributed by atoms with E-state index in [0.717, 1.165) is 0 Å². The molecule has 2 N–H and O–H groups in total. The maximum Gasteiger partial charge on any atom is 0.316 e. The van der Waals surface area contributed by atoms with Crippen LogP contribution in [0.3, 0.4) is 0 Å². The van der Waals surface area contributed by atoms with Crippen LogP contribution in [-0.4, -0.2) is 35.0 Å². The Morgan fingerprint density at radius 2 is 1.54 bits per heavy atom. The van der Waals surface area contributed by atoms with Gasteiger partial charge in [-0.25, -0.2) is 0 Å². The Morgan fingerprint density at radius 3 is 2.25 bits per heavy atom. The van der Waals surface area contributed by atoms with Crippen molar-refractivity contribution in [1.29, 1.82) is 0 Å². The molecule has 7 nitrogen and oxygen atoms in total. The smallest absolute Gasteiger partial charge is 0.316 e. The van der Waals surface area contributed by atoms with Crippen molar-refractivity contribution >= 4 is 46.6 Å². The zero-order valence-corrected chi connectivity index (χ0v) is 16.5. The molecule has 28 heavy (non-hydrogen) atoms. The zero-order chi connectivity index (χ0) is 20.1. The molecule has 0 saturated carbocycles. The Balaban J connectivity index is 1.50. The molecule has 0 unspecified atom stereocenters. The van der Waals surface area contributed by atoms with Crippen molar-refractivity contribution in [2.45, 2.75) is 0 Å². The van der Waals surface area contributed by atoms with E-state index in [1.807, 2.05) is 0 Å². The summed E-state index contributed by atoms with van der Waals surface area (Å²) in [6, 6.07) is 11.4. The van der Waals surface area contributed by atoms with E-state index in [-0.39, 0.29) is 35.4 Å². The van der Waals surface area contributed by atoms with Gasteiger partial charge in [0.1, 0.15) is 0 Å². The van der Waals surface area contributed by atoms with E-state index in [1.165, 1.54) is 12.1 Å². The minimum absolute atomic E-state index is 0.154. The largest absolute Gasteiger partial charge is 0.350 e. The highest BCUT2D eigenvalue weighted by Gasteiger charge is 2.16. The van der Waals surface area contributed by atoms with Crippen molar-refractivity contribution in [2.75, 3.05) is 13.1 Å². The molecule has 0 bridgehead atoms.